The van der Waals surface area contributed by atoms with Crippen molar-refractivity contribution >= 4 is 11.8 Å². The van der Waals surface area contributed by atoms with Crippen molar-refractivity contribution in [2.45, 2.75) is 44.6 Å². The molecular formula is C16H22N2O3. The number of pyridine rings is 1. The third kappa shape index (κ3) is 3.02. The van der Waals surface area contributed by atoms with E-state index in [0.29, 0.717) is 5.41 Å². The topological polar surface area (TPSA) is 73.7 Å². The van der Waals surface area contributed by atoms with E-state index in [1.165, 1.54) is 6.07 Å². The van der Waals surface area contributed by atoms with Crippen LogP contribution in [0, 0.1) is 5.41 Å². The number of nitrogens with zero attached hydrogens (tertiary/aromatic N) is 2. The normalized spacial score (nSPS) is 22.4. The fraction of sp³-hybridized carbons (Fsp3) is 0.625. The molecule has 1 saturated carbocycles. The lowest BCUT2D eigenvalue weighted by Crippen LogP contribution is -2.43. The maximum Gasteiger partial charge on any atom is 0.354 e. The Bertz CT molecular complexity index is 514. The van der Waals surface area contributed by atoms with Crippen LogP contribution in [0.5, 0.6) is 0 Å². The molecule has 0 unspecified atom stereocenters. The van der Waals surface area contributed by atoms with Gasteiger partial charge in [0, 0.05) is 13.1 Å². The molecule has 2 N–H and O–H groups in total. The van der Waals surface area contributed by atoms with Crippen LogP contribution in [-0.4, -0.2) is 40.4 Å². The molecule has 0 bridgehead atoms. The summed E-state index contributed by atoms with van der Waals surface area (Å²) in [7, 11) is 0. The van der Waals surface area contributed by atoms with Crippen LogP contribution in [0.15, 0.2) is 18.2 Å². The number of rotatable bonds is 2. The van der Waals surface area contributed by atoms with Gasteiger partial charge in [-0.3, -0.25) is 0 Å². The number of aromatic nitrogens is 1. The molecule has 2 aliphatic rings. The average molecular weight is 290 g/mol. The molecule has 5 heteroatoms. The molecule has 1 aromatic heterocycles. The molecule has 1 aromatic rings. The van der Waals surface area contributed by atoms with Crippen LogP contribution in [0.2, 0.25) is 0 Å². The molecule has 21 heavy (non-hydrogen) atoms. The van der Waals surface area contributed by atoms with Gasteiger partial charge in [0.2, 0.25) is 0 Å². The van der Waals surface area contributed by atoms with Crippen LogP contribution in [0.4, 0.5) is 5.82 Å². The van der Waals surface area contributed by atoms with Gasteiger partial charge in [-0.05, 0) is 56.1 Å². The smallest absolute Gasteiger partial charge is 0.354 e. The molecule has 1 aliphatic heterocycles. The predicted molar refractivity (Wildman–Crippen MR) is 79.6 cm³/mol. The maximum atomic E-state index is 11.0. The molecule has 114 valence electrons. The standard InChI is InChI=1S/C16H22N2O3/c19-12-4-6-16(7-5-12)8-10-18(11-9-16)14-3-1-2-13(17-14)15(20)21/h1-3,12,19H,4-11H2,(H,20,21). The van der Waals surface area contributed by atoms with Crippen LogP contribution >= 0.6 is 0 Å². The van der Waals surface area contributed by atoms with Gasteiger partial charge < -0.3 is 15.1 Å². The molecule has 0 radical (unpaired) electrons. The minimum atomic E-state index is -0.980. The van der Waals surface area contributed by atoms with E-state index in [1.54, 1.807) is 6.07 Å². The van der Waals surface area contributed by atoms with E-state index in [2.05, 4.69) is 9.88 Å². The third-order valence-corrected chi connectivity index (χ3v) is 5.12. The van der Waals surface area contributed by atoms with Gasteiger partial charge in [-0.15, -0.1) is 0 Å². The van der Waals surface area contributed by atoms with Crippen LogP contribution < -0.4 is 4.90 Å². The summed E-state index contributed by atoms with van der Waals surface area (Å²) in [6, 6.07) is 5.17. The maximum absolute atomic E-state index is 11.0. The van der Waals surface area contributed by atoms with Gasteiger partial charge in [0.15, 0.2) is 5.69 Å². The van der Waals surface area contributed by atoms with Crippen molar-refractivity contribution in [3.05, 3.63) is 23.9 Å². The molecular weight excluding hydrogens is 268 g/mol. The van der Waals surface area contributed by atoms with Gasteiger partial charge in [-0.1, -0.05) is 6.07 Å². The summed E-state index contributed by atoms with van der Waals surface area (Å²) in [6.07, 6.45) is 6.19. The van der Waals surface area contributed by atoms with Gasteiger partial charge in [0.1, 0.15) is 5.82 Å². The number of carbonyl (C=O) groups is 1. The zero-order chi connectivity index (χ0) is 14.9. The first-order valence-electron chi connectivity index (χ1n) is 7.71. The van der Waals surface area contributed by atoms with Gasteiger partial charge in [0.05, 0.1) is 6.10 Å². The van der Waals surface area contributed by atoms with Crippen LogP contribution in [0.1, 0.15) is 49.0 Å². The number of hydrogen-bond acceptors (Lipinski definition) is 4. The molecule has 2 heterocycles. The molecule has 0 atom stereocenters. The second-order valence-corrected chi connectivity index (χ2v) is 6.40. The monoisotopic (exact) mass is 290 g/mol. The number of carboxylic acid groups (broad SMARTS) is 1. The number of aliphatic hydroxyl groups excluding tert-OH is 1. The Hall–Kier alpha value is -1.62. The van der Waals surface area contributed by atoms with Gasteiger partial charge in [-0.2, -0.15) is 0 Å². The summed E-state index contributed by atoms with van der Waals surface area (Å²) < 4.78 is 0. The lowest BCUT2D eigenvalue weighted by atomic mass is 9.67. The molecule has 1 spiro atoms. The highest BCUT2D eigenvalue weighted by Crippen LogP contribution is 2.45. The van der Waals surface area contributed by atoms with E-state index in [0.717, 1.165) is 57.4 Å². The van der Waals surface area contributed by atoms with E-state index >= 15 is 0 Å². The van der Waals surface area contributed by atoms with Crippen molar-refractivity contribution < 1.29 is 15.0 Å². The van der Waals surface area contributed by atoms with Crippen molar-refractivity contribution in [1.29, 1.82) is 0 Å². The lowest BCUT2D eigenvalue weighted by Gasteiger charge is -2.45. The predicted octanol–water partition coefficient (Wildman–Crippen LogP) is 2.30. The Morgan fingerprint density at radius 1 is 1.19 bits per heavy atom. The first-order chi connectivity index (χ1) is 10.1. The van der Waals surface area contributed by atoms with Gasteiger partial charge in [-0.25, -0.2) is 9.78 Å². The minimum Gasteiger partial charge on any atom is -0.477 e. The number of aliphatic hydroxyl groups is 1. The van der Waals surface area contributed by atoms with Crippen molar-refractivity contribution in [1.82, 2.24) is 4.98 Å². The Morgan fingerprint density at radius 2 is 1.86 bits per heavy atom. The molecule has 5 nitrogen and oxygen atoms in total. The Balaban J connectivity index is 1.66. The molecule has 1 saturated heterocycles. The molecule has 0 amide bonds. The molecule has 1 aliphatic carbocycles. The second-order valence-electron chi connectivity index (χ2n) is 6.40. The Morgan fingerprint density at radius 3 is 2.48 bits per heavy atom. The zero-order valence-electron chi connectivity index (χ0n) is 12.2. The van der Waals surface area contributed by atoms with Crippen LogP contribution in [-0.2, 0) is 0 Å². The largest absolute Gasteiger partial charge is 0.477 e. The van der Waals surface area contributed by atoms with Crippen LogP contribution in [0.25, 0.3) is 0 Å². The third-order valence-electron chi connectivity index (χ3n) is 5.12. The van der Waals surface area contributed by atoms with E-state index in [-0.39, 0.29) is 11.8 Å². The number of anilines is 1. The first kappa shape index (κ1) is 14.3. The van der Waals surface area contributed by atoms with E-state index in [4.69, 9.17) is 5.11 Å². The van der Waals surface area contributed by atoms with Crippen molar-refractivity contribution in [2.24, 2.45) is 5.41 Å². The van der Waals surface area contributed by atoms with Gasteiger partial charge in [0.25, 0.3) is 0 Å². The lowest BCUT2D eigenvalue weighted by molar-refractivity contribution is 0.0477. The Labute approximate surface area is 124 Å². The number of hydrogen-bond donors (Lipinski definition) is 2. The highest BCUT2D eigenvalue weighted by molar-refractivity contribution is 5.85. The number of aromatic carboxylic acids is 1. The van der Waals surface area contributed by atoms with E-state index in [1.807, 2.05) is 6.07 Å². The Kier molecular flexibility index (Phi) is 3.85. The SMILES string of the molecule is O=C(O)c1cccc(N2CCC3(CCC(O)CC3)CC2)n1. The highest BCUT2D eigenvalue weighted by Gasteiger charge is 2.37. The summed E-state index contributed by atoms with van der Waals surface area (Å²) in [5.74, 6) is -0.216. The highest BCUT2D eigenvalue weighted by atomic mass is 16.4. The molecule has 0 aromatic carbocycles. The number of carboxylic acids is 1. The van der Waals surface area contributed by atoms with Crippen LogP contribution in [0.3, 0.4) is 0 Å². The van der Waals surface area contributed by atoms with E-state index < -0.39 is 5.97 Å². The fourth-order valence-corrected chi connectivity index (χ4v) is 3.64. The van der Waals surface area contributed by atoms with Crippen molar-refractivity contribution in [3.63, 3.8) is 0 Å². The zero-order valence-corrected chi connectivity index (χ0v) is 12.2. The fourth-order valence-electron chi connectivity index (χ4n) is 3.64. The summed E-state index contributed by atoms with van der Waals surface area (Å²) in [5, 5.41) is 18.7. The molecule has 2 fully saturated rings. The second kappa shape index (κ2) is 5.64. The molecule has 3 rings (SSSR count). The van der Waals surface area contributed by atoms with Crippen molar-refractivity contribution in [2.75, 3.05) is 18.0 Å². The van der Waals surface area contributed by atoms with E-state index in [9.17, 15) is 9.90 Å². The van der Waals surface area contributed by atoms with Gasteiger partial charge >= 0.3 is 5.97 Å². The summed E-state index contributed by atoms with van der Waals surface area (Å²) >= 11 is 0. The minimum absolute atomic E-state index is 0.105. The van der Waals surface area contributed by atoms with Crippen molar-refractivity contribution in [3.8, 4) is 0 Å². The quantitative estimate of drug-likeness (QED) is 0.874. The first-order valence-corrected chi connectivity index (χ1v) is 7.71. The number of piperidine rings is 1. The summed E-state index contributed by atoms with van der Waals surface area (Å²) in [4.78, 5) is 17.4. The summed E-state index contributed by atoms with van der Waals surface area (Å²) in [5.41, 5.74) is 0.494. The summed E-state index contributed by atoms with van der Waals surface area (Å²) in [6.45, 7) is 1.85. The average Bonchev–Trinajstić information content (AvgIpc) is 2.51.